The van der Waals surface area contributed by atoms with Gasteiger partial charge in [0.2, 0.25) is 0 Å². The highest BCUT2D eigenvalue weighted by Gasteiger charge is 2.08. The predicted octanol–water partition coefficient (Wildman–Crippen LogP) is 3.63. The number of hydrogen-bond donors (Lipinski definition) is 1. The van der Waals surface area contributed by atoms with Crippen LogP contribution in [0.3, 0.4) is 0 Å². The fourth-order valence-corrected chi connectivity index (χ4v) is 1.86. The van der Waals surface area contributed by atoms with E-state index in [0.29, 0.717) is 5.92 Å². The third-order valence-electron chi connectivity index (χ3n) is 2.65. The van der Waals surface area contributed by atoms with Crippen LogP contribution in [0.5, 0.6) is 0 Å². The molecule has 1 atom stereocenters. The number of aliphatic hydroxyl groups is 1. The van der Waals surface area contributed by atoms with Crippen molar-refractivity contribution in [3.05, 3.63) is 33.4 Å². The molecule has 1 aromatic carbocycles. The van der Waals surface area contributed by atoms with E-state index in [2.05, 4.69) is 60.7 Å². The first-order valence-electron chi connectivity index (χ1n) is 5.52. The van der Waals surface area contributed by atoms with Crippen LogP contribution in [0.2, 0.25) is 0 Å². The smallest absolute Gasteiger partial charge is 0.0563 e. The van der Waals surface area contributed by atoms with Gasteiger partial charge in [0.1, 0.15) is 0 Å². The molecule has 0 aliphatic rings. The molecule has 0 fully saturated rings. The van der Waals surface area contributed by atoms with Gasteiger partial charge in [-0.2, -0.15) is 0 Å². The van der Waals surface area contributed by atoms with Crippen LogP contribution in [0.25, 0.3) is 0 Å². The summed E-state index contributed by atoms with van der Waals surface area (Å²) in [6, 6.07) is 8.61. The van der Waals surface area contributed by atoms with Crippen molar-refractivity contribution in [2.45, 2.75) is 39.2 Å². The lowest BCUT2D eigenvalue weighted by molar-refractivity contribution is 0.114. The van der Waals surface area contributed by atoms with Crippen LogP contribution < -0.4 is 0 Å². The van der Waals surface area contributed by atoms with E-state index < -0.39 is 0 Å². The van der Waals surface area contributed by atoms with Gasteiger partial charge < -0.3 is 5.11 Å². The van der Waals surface area contributed by atoms with E-state index in [0.717, 1.165) is 19.3 Å². The van der Waals surface area contributed by atoms with Gasteiger partial charge in [-0.3, -0.25) is 0 Å². The quantitative estimate of drug-likeness (QED) is 0.822. The highest BCUT2D eigenvalue weighted by atomic mass is 127. The topological polar surface area (TPSA) is 20.2 Å². The van der Waals surface area contributed by atoms with Crippen LogP contribution in [0.4, 0.5) is 0 Å². The fraction of sp³-hybridized carbons (Fsp3) is 0.538. The fourth-order valence-electron chi connectivity index (χ4n) is 1.50. The summed E-state index contributed by atoms with van der Waals surface area (Å²) < 4.78 is 1.28. The zero-order valence-electron chi connectivity index (χ0n) is 9.41. The summed E-state index contributed by atoms with van der Waals surface area (Å²) in [6.07, 6.45) is 2.90. The molecule has 84 valence electrons. The van der Waals surface area contributed by atoms with E-state index in [1.165, 1.54) is 9.13 Å². The zero-order valence-corrected chi connectivity index (χ0v) is 11.6. The first-order valence-corrected chi connectivity index (χ1v) is 6.60. The minimum absolute atomic E-state index is 0.145. The van der Waals surface area contributed by atoms with Gasteiger partial charge in [-0.05, 0) is 65.5 Å². The second-order valence-electron chi connectivity index (χ2n) is 4.33. The second-order valence-corrected chi connectivity index (χ2v) is 5.58. The Morgan fingerprint density at radius 2 is 1.80 bits per heavy atom. The van der Waals surface area contributed by atoms with Crippen molar-refractivity contribution in [2.24, 2.45) is 5.92 Å². The summed E-state index contributed by atoms with van der Waals surface area (Å²) in [5.41, 5.74) is 1.37. The number of halogens is 1. The van der Waals surface area contributed by atoms with E-state index in [1.807, 2.05) is 0 Å². The average Bonchev–Trinajstić information content (AvgIpc) is 2.20. The van der Waals surface area contributed by atoms with E-state index in [-0.39, 0.29) is 6.10 Å². The molecule has 0 aliphatic carbocycles. The molecule has 0 spiro atoms. The van der Waals surface area contributed by atoms with Crippen LogP contribution in [0.15, 0.2) is 24.3 Å². The zero-order chi connectivity index (χ0) is 11.3. The van der Waals surface area contributed by atoms with Crippen molar-refractivity contribution in [3.8, 4) is 0 Å². The van der Waals surface area contributed by atoms with Gasteiger partial charge in [0.05, 0.1) is 6.10 Å². The molecular weight excluding hydrogens is 299 g/mol. The van der Waals surface area contributed by atoms with E-state index in [9.17, 15) is 5.11 Å². The molecule has 0 bridgehead atoms. The minimum atomic E-state index is -0.145. The first kappa shape index (κ1) is 13.0. The lowest BCUT2D eigenvalue weighted by atomic mass is 9.99. The van der Waals surface area contributed by atoms with Crippen LogP contribution in [-0.4, -0.2) is 11.2 Å². The number of rotatable bonds is 5. The summed E-state index contributed by atoms with van der Waals surface area (Å²) in [4.78, 5) is 0. The molecule has 1 N–H and O–H groups in total. The molecule has 0 aromatic heterocycles. The molecule has 0 heterocycles. The Balaban J connectivity index is 2.29. The van der Waals surface area contributed by atoms with Gasteiger partial charge in [-0.15, -0.1) is 0 Å². The molecule has 1 rings (SSSR count). The molecule has 0 amide bonds. The Morgan fingerprint density at radius 3 is 2.33 bits per heavy atom. The van der Waals surface area contributed by atoms with Crippen molar-refractivity contribution in [2.75, 3.05) is 0 Å². The van der Waals surface area contributed by atoms with Crippen LogP contribution in [0, 0.1) is 9.49 Å². The Hall–Kier alpha value is -0.0900. The molecule has 15 heavy (non-hydrogen) atoms. The van der Waals surface area contributed by atoms with Crippen molar-refractivity contribution in [3.63, 3.8) is 0 Å². The second kappa shape index (κ2) is 6.48. The van der Waals surface area contributed by atoms with Crippen molar-refractivity contribution in [1.29, 1.82) is 0 Å². The van der Waals surface area contributed by atoms with Crippen molar-refractivity contribution in [1.82, 2.24) is 0 Å². The van der Waals surface area contributed by atoms with Gasteiger partial charge in [0.25, 0.3) is 0 Å². The van der Waals surface area contributed by atoms with E-state index in [1.54, 1.807) is 0 Å². The summed E-state index contributed by atoms with van der Waals surface area (Å²) in [5.74, 6) is 0.377. The molecular formula is C13H19IO. The maximum atomic E-state index is 9.65. The predicted molar refractivity (Wildman–Crippen MR) is 72.9 cm³/mol. The lowest BCUT2D eigenvalue weighted by Gasteiger charge is -2.13. The van der Waals surface area contributed by atoms with Crippen LogP contribution in [-0.2, 0) is 6.42 Å². The van der Waals surface area contributed by atoms with Crippen molar-refractivity contribution >= 4 is 22.6 Å². The Kier molecular flexibility index (Phi) is 5.61. The highest BCUT2D eigenvalue weighted by molar-refractivity contribution is 14.1. The van der Waals surface area contributed by atoms with Gasteiger partial charge >= 0.3 is 0 Å². The molecule has 0 saturated carbocycles. The minimum Gasteiger partial charge on any atom is -0.393 e. The maximum absolute atomic E-state index is 9.65. The molecule has 1 nitrogen and oxygen atoms in total. The summed E-state index contributed by atoms with van der Waals surface area (Å²) in [6.45, 7) is 4.13. The van der Waals surface area contributed by atoms with Gasteiger partial charge in [0.15, 0.2) is 0 Å². The normalized spacial score (nSPS) is 13.1. The van der Waals surface area contributed by atoms with Gasteiger partial charge in [0, 0.05) is 3.57 Å². The Morgan fingerprint density at radius 1 is 1.20 bits per heavy atom. The molecule has 1 unspecified atom stereocenters. The van der Waals surface area contributed by atoms with Crippen LogP contribution >= 0.6 is 22.6 Å². The average molecular weight is 318 g/mol. The molecule has 0 saturated heterocycles. The third-order valence-corrected chi connectivity index (χ3v) is 3.37. The van der Waals surface area contributed by atoms with Crippen LogP contribution in [0.1, 0.15) is 32.3 Å². The van der Waals surface area contributed by atoms with Crippen molar-refractivity contribution < 1.29 is 5.11 Å². The molecule has 1 aromatic rings. The Bertz CT molecular complexity index is 279. The lowest BCUT2D eigenvalue weighted by Crippen LogP contribution is -2.14. The number of aryl methyl sites for hydroxylation is 1. The Labute approximate surface area is 106 Å². The number of aliphatic hydroxyl groups excluding tert-OH is 1. The number of benzene rings is 1. The largest absolute Gasteiger partial charge is 0.393 e. The summed E-state index contributed by atoms with van der Waals surface area (Å²) >= 11 is 2.31. The number of hydrogen-bond acceptors (Lipinski definition) is 1. The summed E-state index contributed by atoms with van der Waals surface area (Å²) in [5, 5.41) is 9.65. The molecule has 0 aliphatic heterocycles. The monoisotopic (exact) mass is 318 g/mol. The van der Waals surface area contributed by atoms with Gasteiger partial charge in [-0.25, -0.2) is 0 Å². The maximum Gasteiger partial charge on any atom is 0.0563 e. The third kappa shape index (κ3) is 4.98. The van der Waals surface area contributed by atoms with Gasteiger partial charge in [-0.1, -0.05) is 26.0 Å². The highest BCUT2D eigenvalue weighted by Crippen LogP contribution is 2.13. The molecule has 0 radical (unpaired) electrons. The molecule has 2 heteroatoms. The SMILES string of the molecule is CC(C)C(O)CCCc1ccc(I)cc1. The summed E-state index contributed by atoms with van der Waals surface area (Å²) in [7, 11) is 0. The first-order chi connectivity index (χ1) is 7.09. The van der Waals surface area contributed by atoms with E-state index in [4.69, 9.17) is 0 Å². The van der Waals surface area contributed by atoms with E-state index >= 15 is 0 Å². The standard InChI is InChI=1S/C13H19IO/c1-10(2)13(15)5-3-4-11-6-8-12(14)9-7-11/h6-10,13,15H,3-5H2,1-2H3.